The molecule has 0 N–H and O–H groups in total. The highest BCUT2D eigenvalue weighted by atomic mass is 16.7. The highest BCUT2D eigenvalue weighted by molar-refractivity contribution is 5.83. The van der Waals surface area contributed by atoms with Crippen molar-refractivity contribution >= 4 is 5.91 Å². The van der Waals surface area contributed by atoms with Crippen LogP contribution in [0.3, 0.4) is 0 Å². The van der Waals surface area contributed by atoms with Crippen LogP contribution in [0, 0.1) is 0 Å². The molecule has 1 aliphatic rings. The molecule has 7 heteroatoms. The van der Waals surface area contributed by atoms with Crippen LogP contribution in [-0.2, 0) is 16.9 Å². The normalized spacial score (nSPS) is 12.6. The molecule has 0 saturated carbocycles. The van der Waals surface area contributed by atoms with Gasteiger partial charge in [-0.15, -0.1) is 0 Å². The first-order valence-electron chi connectivity index (χ1n) is 10.2. The monoisotopic (exact) mass is 419 g/mol. The molecule has 0 aliphatic carbocycles. The van der Waals surface area contributed by atoms with Crippen LogP contribution in [0.2, 0.25) is 0 Å². The molecule has 0 fully saturated rings. The van der Waals surface area contributed by atoms with Gasteiger partial charge in [0, 0.05) is 24.7 Å². The minimum atomic E-state index is -1.16. The maximum absolute atomic E-state index is 13.4. The second-order valence-corrected chi connectivity index (χ2v) is 7.90. The van der Waals surface area contributed by atoms with E-state index in [4.69, 9.17) is 9.47 Å². The Balaban J connectivity index is 1.66. The molecule has 0 radical (unpaired) electrons. The molecular weight excluding hydrogens is 394 g/mol. The number of nitrogens with zero attached hydrogens (tertiary/aromatic N) is 3. The van der Waals surface area contributed by atoms with Gasteiger partial charge >= 0.3 is 0 Å². The number of ether oxygens (including phenoxy) is 2. The van der Waals surface area contributed by atoms with E-state index in [1.54, 1.807) is 24.8 Å². The Labute approximate surface area is 180 Å². The highest BCUT2D eigenvalue weighted by Crippen LogP contribution is 2.35. The molecule has 1 amide bonds. The summed E-state index contributed by atoms with van der Waals surface area (Å²) >= 11 is 0. The maximum Gasteiger partial charge on any atom is 0.267 e. The van der Waals surface area contributed by atoms with Crippen molar-refractivity contribution in [2.24, 2.45) is 0 Å². The second-order valence-electron chi connectivity index (χ2n) is 7.90. The third kappa shape index (κ3) is 4.03. The molecule has 0 spiro atoms. The molecule has 2 aromatic carbocycles. The molecule has 0 saturated heterocycles. The van der Waals surface area contributed by atoms with E-state index in [1.807, 2.05) is 55.5 Å². The number of hydrogen-bond acceptors (Lipinski definition) is 5. The zero-order chi connectivity index (χ0) is 22.0. The average Bonchev–Trinajstić information content (AvgIpc) is 3.26. The number of carbonyl (C=O) groups excluding carboxylic acids is 1. The molecular formula is C24H25N3O4. The first-order valence-corrected chi connectivity index (χ1v) is 10.2. The largest absolute Gasteiger partial charge is 0.454 e. The van der Waals surface area contributed by atoms with Crippen molar-refractivity contribution in [3.63, 3.8) is 0 Å². The molecule has 0 unspecified atom stereocenters. The van der Waals surface area contributed by atoms with Crippen LogP contribution in [0.4, 0.5) is 0 Å². The molecule has 1 aliphatic heterocycles. The predicted octanol–water partition coefficient (Wildman–Crippen LogP) is 3.42. The lowest BCUT2D eigenvalue weighted by atomic mass is 10.0. The van der Waals surface area contributed by atoms with E-state index in [1.165, 1.54) is 10.7 Å². The molecule has 2 heterocycles. The molecule has 160 valence electrons. The van der Waals surface area contributed by atoms with Gasteiger partial charge in [0.1, 0.15) is 5.54 Å². The second kappa shape index (κ2) is 8.26. The lowest BCUT2D eigenvalue weighted by molar-refractivity contribution is -0.140. The minimum absolute atomic E-state index is 0.170. The SMILES string of the molecule is CCN(Cc1ccccc1)C(=O)C(C)(C)n1nc(-c2ccc3c(c2)OCO3)ccc1=O. The summed E-state index contributed by atoms with van der Waals surface area (Å²) in [6.45, 7) is 6.54. The van der Waals surface area contributed by atoms with Gasteiger partial charge in [-0.25, -0.2) is 4.68 Å². The highest BCUT2D eigenvalue weighted by Gasteiger charge is 2.35. The van der Waals surface area contributed by atoms with Gasteiger partial charge in [-0.3, -0.25) is 9.59 Å². The van der Waals surface area contributed by atoms with Crippen LogP contribution in [0.1, 0.15) is 26.3 Å². The molecule has 0 atom stereocenters. The van der Waals surface area contributed by atoms with Crippen LogP contribution < -0.4 is 15.0 Å². The standard InChI is InChI=1S/C24H25N3O4/c1-4-26(15-17-8-6-5-7-9-17)23(29)24(2,3)27-22(28)13-11-19(25-27)18-10-12-20-21(14-18)31-16-30-20/h5-14H,4,15-16H2,1-3H3. The van der Waals surface area contributed by atoms with Crippen LogP contribution in [0.5, 0.6) is 11.5 Å². The van der Waals surface area contributed by atoms with Crippen molar-refractivity contribution in [2.75, 3.05) is 13.3 Å². The van der Waals surface area contributed by atoms with Crippen molar-refractivity contribution < 1.29 is 14.3 Å². The minimum Gasteiger partial charge on any atom is -0.454 e. The number of benzene rings is 2. The van der Waals surface area contributed by atoms with Gasteiger partial charge in [0.2, 0.25) is 12.7 Å². The van der Waals surface area contributed by atoms with Gasteiger partial charge in [-0.2, -0.15) is 5.10 Å². The zero-order valence-electron chi connectivity index (χ0n) is 17.9. The van der Waals surface area contributed by atoms with Crippen molar-refractivity contribution in [1.82, 2.24) is 14.7 Å². The van der Waals surface area contributed by atoms with Crippen molar-refractivity contribution in [2.45, 2.75) is 32.9 Å². The van der Waals surface area contributed by atoms with E-state index in [2.05, 4.69) is 5.10 Å². The van der Waals surface area contributed by atoms with Crippen molar-refractivity contribution in [3.05, 3.63) is 76.6 Å². The maximum atomic E-state index is 13.4. The number of fused-ring (bicyclic) bond motifs is 1. The predicted molar refractivity (Wildman–Crippen MR) is 117 cm³/mol. The number of likely N-dealkylation sites (N-methyl/N-ethyl adjacent to an activating group) is 1. The van der Waals surface area contributed by atoms with Crippen LogP contribution in [-0.4, -0.2) is 33.9 Å². The van der Waals surface area contributed by atoms with Crippen LogP contribution >= 0.6 is 0 Å². The van der Waals surface area contributed by atoms with Crippen molar-refractivity contribution in [3.8, 4) is 22.8 Å². The van der Waals surface area contributed by atoms with Crippen molar-refractivity contribution in [1.29, 1.82) is 0 Å². The Morgan fingerprint density at radius 3 is 2.55 bits per heavy atom. The summed E-state index contributed by atoms with van der Waals surface area (Å²) in [5.74, 6) is 1.13. The lowest BCUT2D eigenvalue weighted by Crippen LogP contribution is -2.51. The number of hydrogen-bond donors (Lipinski definition) is 0. The lowest BCUT2D eigenvalue weighted by Gasteiger charge is -2.32. The topological polar surface area (TPSA) is 73.7 Å². The van der Waals surface area contributed by atoms with E-state index in [9.17, 15) is 9.59 Å². The van der Waals surface area contributed by atoms with Gasteiger partial charge in [-0.05, 0) is 50.6 Å². The van der Waals surface area contributed by atoms with Gasteiger partial charge in [0.05, 0.1) is 5.69 Å². The Morgan fingerprint density at radius 1 is 1.06 bits per heavy atom. The Bertz CT molecular complexity index is 1150. The summed E-state index contributed by atoms with van der Waals surface area (Å²) < 4.78 is 12.1. The average molecular weight is 419 g/mol. The van der Waals surface area contributed by atoms with Gasteiger partial charge in [0.15, 0.2) is 11.5 Å². The molecule has 31 heavy (non-hydrogen) atoms. The first-order chi connectivity index (χ1) is 14.9. The van der Waals surface area contributed by atoms with Crippen LogP contribution in [0.15, 0.2) is 65.5 Å². The van der Waals surface area contributed by atoms with E-state index < -0.39 is 5.54 Å². The summed E-state index contributed by atoms with van der Waals surface area (Å²) in [5.41, 5.74) is 0.887. The summed E-state index contributed by atoms with van der Waals surface area (Å²) in [4.78, 5) is 27.9. The third-order valence-corrected chi connectivity index (χ3v) is 5.41. The third-order valence-electron chi connectivity index (χ3n) is 5.41. The van der Waals surface area contributed by atoms with E-state index >= 15 is 0 Å². The Morgan fingerprint density at radius 2 is 1.81 bits per heavy atom. The van der Waals surface area contributed by atoms with Gasteiger partial charge in [-0.1, -0.05) is 30.3 Å². The number of aromatic nitrogens is 2. The van der Waals surface area contributed by atoms with E-state index in [0.717, 1.165) is 11.1 Å². The summed E-state index contributed by atoms with van der Waals surface area (Å²) in [5, 5.41) is 4.54. The molecule has 4 rings (SSSR count). The van der Waals surface area contributed by atoms with Gasteiger partial charge < -0.3 is 14.4 Å². The fourth-order valence-corrected chi connectivity index (χ4v) is 3.63. The fourth-order valence-electron chi connectivity index (χ4n) is 3.63. The number of carbonyl (C=O) groups is 1. The molecule has 3 aromatic rings. The zero-order valence-corrected chi connectivity index (χ0v) is 17.9. The molecule has 7 nitrogen and oxygen atoms in total. The summed E-state index contributed by atoms with van der Waals surface area (Å²) in [6.07, 6.45) is 0. The summed E-state index contributed by atoms with van der Waals surface area (Å²) in [6, 6.07) is 18.4. The fraction of sp³-hybridized carbons (Fsp3) is 0.292. The first kappa shape index (κ1) is 20.7. The smallest absolute Gasteiger partial charge is 0.267 e. The number of rotatable bonds is 6. The summed E-state index contributed by atoms with van der Waals surface area (Å²) in [7, 11) is 0. The molecule has 1 aromatic heterocycles. The number of amides is 1. The Kier molecular flexibility index (Phi) is 5.50. The quantitative estimate of drug-likeness (QED) is 0.612. The van der Waals surface area contributed by atoms with E-state index in [0.29, 0.717) is 30.3 Å². The Hall–Kier alpha value is -3.61. The molecule has 0 bridgehead atoms. The van der Waals surface area contributed by atoms with E-state index in [-0.39, 0.29) is 18.3 Å². The van der Waals surface area contributed by atoms with Gasteiger partial charge in [0.25, 0.3) is 5.56 Å². The van der Waals surface area contributed by atoms with Crippen LogP contribution in [0.25, 0.3) is 11.3 Å².